The summed E-state index contributed by atoms with van der Waals surface area (Å²) in [4.78, 5) is 39.7. The number of benzene rings is 1. The van der Waals surface area contributed by atoms with Crippen molar-refractivity contribution in [1.29, 1.82) is 0 Å². The lowest BCUT2D eigenvalue weighted by molar-refractivity contribution is -0.119. The molecule has 1 aromatic heterocycles. The first-order valence-corrected chi connectivity index (χ1v) is 9.64. The van der Waals surface area contributed by atoms with Crippen molar-refractivity contribution in [3.05, 3.63) is 45.2 Å². The zero-order valence-corrected chi connectivity index (χ0v) is 18.5. The standard InChI is InChI=1S/C21H25ClN2O6/c1-10(2)30-20(26)18-12(4)19(23-13(18)5)21(27)29-9-17(25)24-15-7-11(3)14(22)8-16(15)28-6/h7-8,10,23H,9H2,1-6H3,(H,24,25). The lowest BCUT2D eigenvalue weighted by atomic mass is 10.1. The quantitative estimate of drug-likeness (QED) is 0.636. The van der Waals surface area contributed by atoms with Gasteiger partial charge in [0.2, 0.25) is 0 Å². The van der Waals surface area contributed by atoms with E-state index in [1.54, 1.807) is 46.8 Å². The third-order valence-corrected chi connectivity index (χ3v) is 4.68. The molecule has 2 aromatic rings. The summed E-state index contributed by atoms with van der Waals surface area (Å²) in [5.41, 5.74) is 2.42. The van der Waals surface area contributed by atoms with Crippen LogP contribution >= 0.6 is 11.6 Å². The number of aromatic nitrogens is 1. The first-order chi connectivity index (χ1) is 14.0. The minimum Gasteiger partial charge on any atom is -0.495 e. The number of esters is 2. The Kier molecular flexibility index (Phi) is 7.50. The number of aromatic amines is 1. The van der Waals surface area contributed by atoms with Gasteiger partial charge in [-0.05, 0) is 51.8 Å². The highest BCUT2D eigenvalue weighted by atomic mass is 35.5. The average molecular weight is 437 g/mol. The smallest absolute Gasteiger partial charge is 0.355 e. The molecule has 0 radical (unpaired) electrons. The highest BCUT2D eigenvalue weighted by Gasteiger charge is 2.25. The summed E-state index contributed by atoms with van der Waals surface area (Å²) in [7, 11) is 1.45. The Balaban J connectivity index is 2.07. The van der Waals surface area contributed by atoms with Crippen LogP contribution in [0.1, 0.15) is 51.5 Å². The summed E-state index contributed by atoms with van der Waals surface area (Å²) < 4.78 is 15.5. The van der Waals surface area contributed by atoms with Crippen molar-refractivity contribution in [3.8, 4) is 5.75 Å². The summed E-state index contributed by atoms with van der Waals surface area (Å²) >= 11 is 6.05. The lowest BCUT2D eigenvalue weighted by Crippen LogP contribution is -2.22. The van der Waals surface area contributed by atoms with E-state index in [0.717, 1.165) is 5.56 Å². The summed E-state index contributed by atoms with van der Waals surface area (Å²) in [5.74, 6) is -1.45. The Morgan fingerprint density at radius 2 is 1.80 bits per heavy atom. The number of nitrogens with one attached hydrogen (secondary N) is 2. The highest BCUT2D eigenvalue weighted by molar-refractivity contribution is 6.31. The third-order valence-electron chi connectivity index (χ3n) is 4.28. The summed E-state index contributed by atoms with van der Waals surface area (Å²) in [6.07, 6.45) is -0.293. The molecule has 0 atom stereocenters. The lowest BCUT2D eigenvalue weighted by Gasteiger charge is -2.12. The number of methoxy groups -OCH3 is 1. The minimum atomic E-state index is -0.756. The van der Waals surface area contributed by atoms with E-state index in [4.69, 9.17) is 25.8 Å². The molecule has 0 aliphatic heterocycles. The van der Waals surface area contributed by atoms with Crippen LogP contribution in [0.15, 0.2) is 12.1 Å². The molecule has 30 heavy (non-hydrogen) atoms. The van der Waals surface area contributed by atoms with Crippen LogP contribution < -0.4 is 10.1 Å². The fourth-order valence-electron chi connectivity index (χ4n) is 2.85. The first-order valence-electron chi connectivity index (χ1n) is 9.26. The molecule has 9 heteroatoms. The molecule has 0 bridgehead atoms. The van der Waals surface area contributed by atoms with Gasteiger partial charge in [0.1, 0.15) is 11.4 Å². The van der Waals surface area contributed by atoms with Crippen LogP contribution in [0.4, 0.5) is 5.69 Å². The van der Waals surface area contributed by atoms with Gasteiger partial charge in [0.05, 0.1) is 24.5 Å². The van der Waals surface area contributed by atoms with Crippen molar-refractivity contribution in [2.75, 3.05) is 19.0 Å². The van der Waals surface area contributed by atoms with E-state index in [1.807, 2.05) is 0 Å². The van der Waals surface area contributed by atoms with Crippen molar-refractivity contribution in [1.82, 2.24) is 4.98 Å². The SMILES string of the molecule is COc1cc(Cl)c(C)cc1NC(=O)COC(=O)c1[nH]c(C)c(C(=O)OC(C)C)c1C. The van der Waals surface area contributed by atoms with Crippen LogP contribution in [0.2, 0.25) is 5.02 Å². The average Bonchev–Trinajstić information content (AvgIpc) is 2.96. The van der Waals surface area contributed by atoms with Crippen molar-refractivity contribution in [2.24, 2.45) is 0 Å². The second-order valence-corrected chi connectivity index (χ2v) is 7.41. The molecular formula is C21H25ClN2O6. The van der Waals surface area contributed by atoms with Gasteiger partial charge in [0.15, 0.2) is 6.61 Å². The number of hydrogen-bond acceptors (Lipinski definition) is 6. The largest absolute Gasteiger partial charge is 0.495 e. The van der Waals surface area contributed by atoms with E-state index in [2.05, 4.69) is 10.3 Å². The number of hydrogen-bond donors (Lipinski definition) is 2. The summed E-state index contributed by atoms with van der Waals surface area (Å²) in [6, 6.07) is 3.24. The number of carbonyl (C=O) groups excluding carboxylic acids is 3. The molecule has 0 unspecified atom stereocenters. The van der Waals surface area contributed by atoms with E-state index in [-0.39, 0.29) is 17.4 Å². The molecule has 162 valence electrons. The summed E-state index contributed by atoms with van der Waals surface area (Å²) in [5, 5.41) is 3.12. The van der Waals surface area contributed by atoms with E-state index in [0.29, 0.717) is 27.7 Å². The topological polar surface area (TPSA) is 107 Å². The Morgan fingerprint density at radius 3 is 2.40 bits per heavy atom. The van der Waals surface area contributed by atoms with Gasteiger partial charge in [0, 0.05) is 16.8 Å². The zero-order chi connectivity index (χ0) is 22.6. The van der Waals surface area contributed by atoms with E-state index < -0.39 is 24.5 Å². The van der Waals surface area contributed by atoms with Gasteiger partial charge < -0.3 is 24.5 Å². The second kappa shape index (κ2) is 9.67. The molecule has 1 amide bonds. The third kappa shape index (κ3) is 5.33. The Bertz CT molecular complexity index is 980. The maximum absolute atomic E-state index is 12.4. The number of ether oxygens (including phenoxy) is 3. The monoisotopic (exact) mass is 436 g/mol. The predicted octanol–water partition coefficient (Wildman–Crippen LogP) is 3.96. The van der Waals surface area contributed by atoms with Gasteiger partial charge in [-0.2, -0.15) is 0 Å². The summed E-state index contributed by atoms with van der Waals surface area (Å²) in [6.45, 7) is 8.00. The molecule has 0 fully saturated rings. The van der Waals surface area contributed by atoms with Crippen LogP contribution in [-0.4, -0.2) is 42.7 Å². The van der Waals surface area contributed by atoms with Crippen LogP contribution in [0.5, 0.6) is 5.75 Å². The number of halogens is 1. The molecule has 0 aliphatic rings. The second-order valence-electron chi connectivity index (χ2n) is 7.01. The van der Waals surface area contributed by atoms with E-state index >= 15 is 0 Å². The van der Waals surface area contributed by atoms with Crippen LogP contribution in [-0.2, 0) is 14.3 Å². The number of aryl methyl sites for hydroxylation is 2. The Morgan fingerprint density at radius 1 is 1.13 bits per heavy atom. The Hall–Kier alpha value is -3.00. The minimum absolute atomic E-state index is 0.0934. The van der Waals surface area contributed by atoms with Crippen molar-refractivity contribution >= 4 is 35.1 Å². The number of amides is 1. The van der Waals surface area contributed by atoms with Gasteiger partial charge in [-0.25, -0.2) is 9.59 Å². The van der Waals surface area contributed by atoms with Crippen molar-refractivity contribution < 1.29 is 28.6 Å². The maximum atomic E-state index is 12.4. The number of carbonyl (C=O) groups is 3. The zero-order valence-electron chi connectivity index (χ0n) is 17.8. The predicted molar refractivity (Wildman–Crippen MR) is 112 cm³/mol. The molecule has 1 heterocycles. The van der Waals surface area contributed by atoms with Gasteiger partial charge in [-0.15, -0.1) is 0 Å². The molecule has 0 saturated heterocycles. The highest BCUT2D eigenvalue weighted by Crippen LogP contribution is 2.30. The number of rotatable bonds is 7. The van der Waals surface area contributed by atoms with Crippen LogP contribution in [0.25, 0.3) is 0 Å². The molecule has 2 N–H and O–H groups in total. The molecule has 2 rings (SSSR count). The number of anilines is 1. The molecule has 0 aliphatic carbocycles. The van der Waals surface area contributed by atoms with E-state index in [9.17, 15) is 14.4 Å². The van der Waals surface area contributed by atoms with E-state index in [1.165, 1.54) is 7.11 Å². The van der Waals surface area contributed by atoms with Gasteiger partial charge in [-0.1, -0.05) is 11.6 Å². The van der Waals surface area contributed by atoms with Crippen molar-refractivity contribution in [2.45, 2.75) is 40.7 Å². The first kappa shape index (κ1) is 23.3. The fraction of sp³-hybridized carbons (Fsp3) is 0.381. The van der Waals surface area contributed by atoms with Gasteiger partial charge >= 0.3 is 11.9 Å². The Labute approximate surface area is 179 Å². The van der Waals surface area contributed by atoms with Crippen LogP contribution in [0.3, 0.4) is 0 Å². The maximum Gasteiger partial charge on any atom is 0.355 e. The molecule has 0 saturated carbocycles. The molecule has 8 nitrogen and oxygen atoms in total. The van der Waals surface area contributed by atoms with Crippen molar-refractivity contribution in [3.63, 3.8) is 0 Å². The molecule has 1 aromatic carbocycles. The molecular weight excluding hydrogens is 412 g/mol. The normalized spacial score (nSPS) is 10.7. The van der Waals surface area contributed by atoms with Crippen LogP contribution in [0, 0.1) is 20.8 Å². The molecule has 0 spiro atoms. The van der Waals surface area contributed by atoms with Gasteiger partial charge in [-0.3, -0.25) is 4.79 Å². The fourth-order valence-corrected chi connectivity index (χ4v) is 3.01. The number of H-pyrrole nitrogens is 1. The van der Waals surface area contributed by atoms with Gasteiger partial charge in [0.25, 0.3) is 5.91 Å².